The molecular weight excluding hydrogens is 197 g/mol. The summed E-state index contributed by atoms with van der Waals surface area (Å²) in [5.74, 6) is -0.993. The predicted molar refractivity (Wildman–Crippen MR) is 44.0 cm³/mol. The Morgan fingerprint density at radius 2 is 2.07 bits per heavy atom. The molecule has 7 heteroatoms. The molecule has 1 aliphatic heterocycles. The minimum atomic E-state index is -4.48. The molecule has 1 aliphatic rings. The fourth-order valence-corrected chi connectivity index (χ4v) is 1.34. The van der Waals surface area contributed by atoms with Crippen molar-refractivity contribution in [3.63, 3.8) is 0 Å². The number of rotatable bonds is 0. The van der Waals surface area contributed by atoms with E-state index in [9.17, 15) is 13.2 Å². The van der Waals surface area contributed by atoms with Crippen molar-refractivity contribution < 1.29 is 13.2 Å². The molecule has 76 valence electrons. The first-order chi connectivity index (χ1) is 6.41. The summed E-state index contributed by atoms with van der Waals surface area (Å²) >= 11 is 0. The second-order valence-corrected chi connectivity index (χ2v) is 3.00. The molecule has 1 aromatic rings. The Bertz CT molecular complexity index is 415. The minimum Gasteiger partial charge on any atom is -0.396 e. The highest BCUT2D eigenvalue weighted by atomic mass is 19.4. The number of aryl methyl sites for hydroxylation is 1. The zero-order valence-corrected chi connectivity index (χ0v) is 7.26. The van der Waals surface area contributed by atoms with Crippen LogP contribution in [0.5, 0.6) is 0 Å². The van der Waals surface area contributed by atoms with Crippen LogP contribution in [-0.2, 0) is 6.54 Å². The summed E-state index contributed by atoms with van der Waals surface area (Å²) in [6, 6.07) is 0. The Balaban J connectivity index is 2.52. The smallest absolute Gasteiger partial charge is 0.396 e. The molecule has 2 rings (SSSR count). The van der Waals surface area contributed by atoms with Gasteiger partial charge in [-0.3, -0.25) is 4.99 Å². The van der Waals surface area contributed by atoms with Crippen LogP contribution in [0.1, 0.15) is 11.4 Å². The van der Waals surface area contributed by atoms with E-state index in [1.54, 1.807) is 6.92 Å². The molecule has 2 N–H and O–H groups in total. The molecule has 0 amide bonds. The van der Waals surface area contributed by atoms with Crippen molar-refractivity contribution in [3.05, 3.63) is 11.4 Å². The highest BCUT2D eigenvalue weighted by molar-refractivity contribution is 5.92. The average Bonchev–Trinajstić information content (AvgIpc) is 2.54. The Morgan fingerprint density at radius 1 is 1.43 bits per heavy atom. The van der Waals surface area contributed by atoms with Gasteiger partial charge in [0, 0.05) is 0 Å². The summed E-state index contributed by atoms with van der Waals surface area (Å²) in [5.41, 5.74) is 6.53. The van der Waals surface area contributed by atoms with Gasteiger partial charge < -0.3 is 5.73 Å². The van der Waals surface area contributed by atoms with E-state index in [0.29, 0.717) is 11.4 Å². The number of aromatic nitrogens is 2. The van der Waals surface area contributed by atoms with Gasteiger partial charge in [-0.25, -0.2) is 4.68 Å². The maximum atomic E-state index is 12.3. The fourth-order valence-electron chi connectivity index (χ4n) is 1.34. The first-order valence-electron chi connectivity index (χ1n) is 3.87. The average molecular weight is 204 g/mol. The summed E-state index contributed by atoms with van der Waals surface area (Å²) in [7, 11) is 0. The number of hydrogen-bond donors (Lipinski definition) is 1. The van der Waals surface area contributed by atoms with Crippen molar-refractivity contribution in [3.8, 4) is 0 Å². The number of aliphatic imine (C=N–C) groups is 1. The van der Waals surface area contributed by atoms with Crippen LogP contribution in [0.4, 0.5) is 18.9 Å². The van der Waals surface area contributed by atoms with E-state index in [0.717, 1.165) is 4.68 Å². The number of anilines is 1. The van der Waals surface area contributed by atoms with Gasteiger partial charge in [0.05, 0.1) is 23.6 Å². The molecule has 0 aromatic carbocycles. The lowest BCUT2D eigenvalue weighted by Crippen LogP contribution is -2.29. The number of nitrogen functional groups attached to an aromatic ring is 1. The van der Waals surface area contributed by atoms with Crippen molar-refractivity contribution >= 4 is 11.5 Å². The Kier molecular flexibility index (Phi) is 1.61. The Morgan fingerprint density at radius 3 is 2.64 bits per heavy atom. The predicted octanol–water partition coefficient (Wildman–Crippen LogP) is 1.10. The van der Waals surface area contributed by atoms with Gasteiger partial charge >= 0.3 is 6.18 Å². The lowest BCUT2D eigenvalue weighted by atomic mass is 10.3. The molecule has 0 bridgehead atoms. The number of nitrogens with two attached hydrogens (primary N) is 1. The maximum Gasteiger partial charge on any atom is 0.451 e. The van der Waals surface area contributed by atoms with Gasteiger partial charge in [-0.15, -0.1) is 0 Å². The van der Waals surface area contributed by atoms with Gasteiger partial charge in [-0.1, -0.05) is 0 Å². The van der Waals surface area contributed by atoms with Gasteiger partial charge in [-0.05, 0) is 6.92 Å². The van der Waals surface area contributed by atoms with Gasteiger partial charge in [0.1, 0.15) is 0 Å². The minimum absolute atomic E-state index is 0.0541. The summed E-state index contributed by atoms with van der Waals surface area (Å²) in [6.07, 6.45) is -4.48. The molecule has 0 spiro atoms. The van der Waals surface area contributed by atoms with Crippen LogP contribution in [0.2, 0.25) is 0 Å². The topological polar surface area (TPSA) is 56.2 Å². The lowest BCUT2D eigenvalue weighted by molar-refractivity contribution is -0.0618. The van der Waals surface area contributed by atoms with Crippen molar-refractivity contribution in [2.24, 2.45) is 4.99 Å². The van der Waals surface area contributed by atoms with E-state index in [1.165, 1.54) is 0 Å². The fraction of sp³-hybridized carbons (Fsp3) is 0.429. The maximum absolute atomic E-state index is 12.3. The third-order valence-electron chi connectivity index (χ3n) is 2.04. The Labute approximate surface area is 77.2 Å². The van der Waals surface area contributed by atoms with Crippen molar-refractivity contribution in [1.29, 1.82) is 0 Å². The standard InChI is InChI=1S/C7H7F3N4/c1-3-5(11)4-2-12-6(7(8,9)10)14(4)13-3/h2,11H2,1H3. The first-order valence-corrected chi connectivity index (χ1v) is 3.87. The summed E-state index contributed by atoms with van der Waals surface area (Å²) in [5, 5.41) is 3.68. The monoisotopic (exact) mass is 204 g/mol. The van der Waals surface area contributed by atoms with Crippen LogP contribution in [0.15, 0.2) is 4.99 Å². The van der Waals surface area contributed by atoms with Gasteiger partial charge in [-0.2, -0.15) is 18.3 Å². The third-order valence-corrected chi connectivity index (χ3v) is 2.04. The Hall–Kier alpha value is -1.53. The molecule has 0 fully saturated rings. The first kappa shape index (κ1) is 9.04. The van der Waals surface area contributed by atoms with E-state index in [1.807, 2.05) is 0 Å². The second-order valence-electron chi connectivity index (χ2n) is 3.00. The zero-order valence-electron chi connectivity index (χ0n) is 7.26. The molecule has 0 saturated heterocycles. The SMILES string of the molecule is Cc1nn2c(c1N)CN=C2C(F)(F)F. The number of fused-ring (bicyclic) bond motifs is 1. The summed E-state index contributed by atoms with van der Waals surface area (Å²) in [6.45, 7) is 1.51. The van der Waals surface area contributed by atoms with Crippen LogP contribution in [0.3, 0.4) is 0 Å². The highest BCUT2D eigenvalue weighted by Gasteiger charge is 2.42. The van der Waals surface area contributed by atoms with E-state index in [2.05, 4.69) is 10.1 Å². The molecule has 14 heavy (non-hydrogen) atoms. The lowest BCUT2D eigenvalue weighted by Gasteiger charge is -2.06. The summed E-state index contributed by atoms with van der Waals surface area (Å²) < 4.78 is 37.8. The van der Waals surface area contributed by atoms with E-state index in [4.69, 9.17) is 5.73 Å². The molecular formula is C7H7F3N4. The van der Waals surface area contributed by atoms with Crippen LogP contribution in [0, 0.1) is 6.92 Å². The molecule has 0 atom stereocenters. The van der Waals surface area contributed by atoms with Crippen LogP contribution in [-0.4, -0.2) is 21.8 Å². The molecule has 0 unspecified atom stereocenters. The highest BCUT2D eigenvalue weighted by Crippen LogP contribution is 2.28. The third kappa shape index (κ3) is 1.08. The molecule has 0 aliphatic carbocycles. The molecule has 0 radical (unpaired) electrons. The normalized spacial score (nSPS) is 15.6. The van der Waals surface area contributed by atoms with Crippen molar-refractivity contribution in [2.75, 3.05) is 5.73 Å². The largest absolute Gasteiger partial charge is 0.451 e. The van der Waals surface area contributed by atoms with Crippen LogP contribution >= 0.6 is 0 Å². The molecule has 2 heterocycles. The van der Waals surface area contributed by atoms with Gasteiger partial charge in [0.25, 0.3) is 0 Å². The van der Waals surface area contributed by atoms with Gasteiger partial charge in [0.2, 0.25) is 5.84 Å². The number of alkyl halides is 3. The van der Waals surface area contributed by atoms with Crippen molar-refractivity contribution in [1.82, 2.24) is 9.78 Å². The van der Waals surface area contributed by atoms with E-state index < -0.39 is 12.0 Å². The van der Waals surface area contributed by atoms with E-state index in [-0.39, 0.29) is 12.2 Å². The zero-order chi connectivity index (χ0) is 10.5. The second kappa shape index (κ2) is 2.49. The van der Waals surface area contributed by atoms with Crippen LogP contribution in [0.25, 0.3) is 0 Å². The molecule has 4 nitrogen and oxygen atoms in total. The van der Waals surface area contributed by atoms with Crippen LogP contribution < -0.4 is 5.73 Å². The molecule has 0 saturated carbocycles. The number of hydrogen-bond acceptors (Lipinski definition) is 3. The van der Waals surface area contributed by atoms with E-state index >= 15 is 0 Å². The number of halogens is 3. The summed E-state index contributed by atoms with van der Waals surface area (Å²) in [4.78, 5) is 3.35. The van der Waals surface area contributed by atoms with Crippen molar-refractivity contribution in [2.45, 2.75) is 19.6 Å². The molecule has 1 aromatic heterocycles. The van der Waals surface area contributed by atoms with Gasteiger partial charge in [0.15, 0.2) is 0 Å². The quantitative estimate of drug-likeness (QED) is 0.687. The number of nitrogens with zero attached hydrogens (tertiary/aromatic N) is 3.